The highest BCUT2D eigenvalue weighted by molar-refractivity contribution is 5.96. The van der Waals surface area contributed by atoms with E-state index in [1.165, 1.54) is 69.1 Å². The monoisotopic (exact) mass is 1450 g/mol. The van der Waals surface area contributed by atoms with Crippen molar-refractivity contribution in [2.75, 3.05) is 19.8 Å². The molecule has 11 aliphatic carbocycles. The molecule has 18 rings (SSSR count). The van der Waals surface area contributed by atoms with E-state index in [9.17, 15) is 33.2 Å². The van der Waals surface area contributed by atoms with Gasteiger partial charge in [-0.15, -0.1) is 0 Å². The lowest BCUT2D eigenvalue weighted by Gasteiger charge is -2.59. The van der Waals surface area contributed by atoms with Gasteiger partial charge in [0.25, 0.3) is 17.7 Å². The third kappa shape index (κ3) is 14.7. The number of esters is 3. The minimum Gasteiger partial charge on any atom is -0.466 e. The Morgan fingerprint density at radius 3 is 1.61 bits per heavy atom. The molecule has 0 radical (unpaired) electrons. The van der Waals surface area contributed by atoms with Crippen molar-refractivity contribution in [3.63, 3.8) is 0 Å². The number of amides is 3. The first-order valence-electron chi connectivity index (χ1n) is 40.3. The van der Waals surface area contributed by atoms with Gasteiger partial charge in [-0.1, -0.05) is 112 Å². The smallest absolute Gasteiger partial charge is 0.311 e. The Morgan fingerprint density at radius 2 is 1.07 bits per heavy atom. The molecule has 0 spiro atoms. The topological polar surface area (TPSA) is 220 Å². The van der Waals surface area contributed by atoms with E-state index in [1.54, 1.807) is 12.1 Å². The molecule has 0 aliphatic heterocycles. The summed E-state index contributed by atoms with van der Waals surface area (Å²) in [4.78, 5) is 79.2. The maximum atomic E-state index is 13.8. The lowest BCUT2D eigenvalue weighted by atomic mass is 9.48. The molecule has 3 amide bonds. The third-order valence-corrected chi connectivity index (χ3v) is 27.1. The molecule has 566 valence electrons. The number of benzene rings is 4. The van der Waals surface area contributed by atoms with E-state index in [4.69, 9.17) is 29.5 Å². The molecule has 8 bridgehead atoms. The lowest BCUT2D eigenvalue weighted by molar-refractivity contribution is -0.151. The van der Waals surface area contributed by atoms with Crippen molar-refractivity contribution in [3.8, 4) is 5.69 Å². The van der Waals surface area contributed by atoms with Crippen LogP contribution in [0.5, 0.6) is 0 Å². The first-order chi connectivity index (χ1) is 51.7. The zero-order valence-electron chi connectivity index (χ0n) is 63.6. The largest absolute Gasteiger partial charge is 0.466 e. The van der Waals surface area contributed by atoms with E-state index in [0.717, 1.165) is 139 Å². The van der Waals surface area contributed by atoms with Crippen molar-refractivity contribution in [2.45, 2.75) is 220 Å². The van der Waals surface area contributed by atoms with Gasteiger partial charge >= 0.3 is 17.9 Å². The van der Waals surface area contributed by atoms with Gasteiger partial charge in [-0.3, -0.25) is 38.1 Å². The maximum absolute atomic E-state index is 13.8. The molecular formula is C88H108FN9O9. The average molecular weight is 1450 g/mol. The summed E-state index contributed by atoms with van der Waals surface area (Å²) in [7, 11) is 0. The van der Waals surface area contributed by atoms with Crippen LogP contribution in [0.3, 0.4) is 0 Å². The van der Waals surface area contributed by atoms with Gasteiger partial charge < -0.3 is 30.2 Å². The van der Waals surface area contributed by atoms with Crippen LogP contribution in [0.1, 0.15) is 239 Å². The number of aromatic nitrogens is 6. The summed E-state index contributed by atoms with van der Waals surface area (Å²) in [5.74, 6) is 1.84. The zero-order valence-corrected chi connectivity index (χ0v) is 63.6. The minimum absolute atomic E-state index is 0.0722. The molecule has 8 saturated carbocycles. The summed E-state index contributed by atoms with van der Waals surface area (Å²) in [6.07, 6.45) is 21.1. The van der Waals surface area contributed by atoms with Crippen LogP contribution in [0, 0.1) is 75.3 Å². The van der Waals surface area contributed by atoms with Gasteiger partial charge in [-0.05, 0) is 255 Å². The second-order valence-corrected chi connectivity index (χ2v) is 34.1. The van der Waals surface area contributed by atoms with Crippen LogP contribution >= 0.6 is 0 Å². The number of halogens is 1. The Balaban J connectivity index is 0.000000128. The molecule has 9 unspecified atom stereocenters. The van der Waals surface area contributed by atoms with Crippen molar-refractivity contribution in [1.82, 2.24) is 45.3 Å². The molecule has 3 N–H and O–H groups in total. The standard InChI is InChI=1S/C30H32FN3O3.C30H39N3O3.C28H37N3O3/c1-2-37-30(36)25-19-11-12-20(17-19)26(25)32-29(35)27-24-10-6-9-23(18-7-4-3-5-8-18)28(24)34(33-27)22-15-13-21(31)14-16-22;1-3-36-29(35)24-9-10-26-25(14-24)27(32-33(26)18-20-7-5-4-6-8-20)28(34)31-19(2)30-15-21-11-22(16-30)13-23(12-21)17-30;1-5-34-25(33)19-11-12-22-21(15-19)23(30-31(22)17-18-9-7-6-8-10-18)24(32)29-26-27(2,3)20-13-14-28(26,4)16-20/h3-5,7-8,13-16,19-20,23,25-26H,2,6,9-12,17H2,1H3,(H,32,35);4-8,19,21-24H,3,9-18H2,1-2H3,(H,31,34);6-10,19-20,26H,5,11-17H2,1-4H3,(H,29,32)/t19?,20?,23?,25-,26+;;/m0../s1. The second-order valence-electron chi connectivity index (χ2n) is 34.1. The Bertz CT molecular complexity index is 4370. The van der Waals surface area contributed by atoms with Gasteiger partial charge in [0, 0.05) is 52.1 Å². The predicted molar refractivity (Wildman–Crippen MR) is 405 cm³/mol. The molecular weight excluding hydrogens is 1350 g/mol. The van der Waals surface area contributed by atoms with Crippen molar-refractivity contribution in [1.29, 1.82) is 0 Å². The summed E-state index contributed by atoms with van der Waals surface area (Å²) in [5, 5.41) is 24.6. The number of hydrogen-bond donors (Lipinski definition) is 3. The fourth-order valence-corrected chi connectivity index (χ4v) is 22.4. The molecule has 18 nitrogen and oxygen atoms in total. The van der Waals surface area contributed by atoms with Gasteiger partial charge in [0.2, 0.25) is 0 Å². The second kappa shape index (κ2) is 30.7. The minimum atomic E-state index is -0.316. The zero-order chi connectivity index (χ0) is 74.5. The van der Waals surface area contributed by atoms with E-state index in [2.05, 4.69) is 80.0 Å². The van der Waals surface area contributed by atoms with Crippen LogP contribution in [-0.2, 0) is 73.8 Å². The number of carbonyl (C=O) groups excluding carboxylic acids is 6. The molecule has 11 aliphatic rings. The normalized spacial score (nSPS) is 28.7. The van der Waals surface area contributed by atoms with Crippen LogP contribution in [0.15, 0.2) is 115 Å². The van der Waals surface area contributed by atoms with Crippen molar-refractivity contribution >= 4 is 35.6 Å². The average Bonchev–Trinajstić information content (AvgIpc) is 1.64. The highest BCUT2D eigenvalue weighted by Crippen LogP contribution is 2.63. The Kier molecular flexibility index (Phi) is 21.2. The van der Waals surface area contributed by atoms with Gasteiger partial charge in [0.05, 0.1) is 62.0 Å². The highest BCUT2D eigenvalue weighted by atomic mass is 19.1. The molecule has 4 aromatic carbocycles. The fraction of sp³-hybridized carbons (Fsp3) is 0.557. The van der Waals surface area contributed by atoms with Crippen molar-refractivity contribution in [2.24, 2.45) is 69.5 Å². The fourth-order valence-electron chi connectivity index (χ4n) is 22.4. The quantitative estimate of drug-likeness (QED) is 0.0509. The van der Waals surface area contributed by atoms with Gasteiger partial charge in [-0.2, -0.15) is 15.3 Å². The van der Waals surface area contributed by atoms with Crippen molar-refractivity contribution < 1.29 is 47.4 Å². The number of nitrogens with zero attached hydrogens (tertiary/aromatic N) is 6. The molecule has 7 aromatic rings. The first-order valence-corrected chi connectivity index (χ1v) is 40.3. The molecule has 19 heteroatoms. The van der Waals surface area contributed by atoms with E-state index in [1.807, 2.05) is 89.4 Å². The summed E-state index contributed by atoms with van der Waals surface area (Å²) < 4.78 is 35.6. The Hall–Kier alpha value is -8.74. The Morgan fingerprint density at radius 1 is 0.551 bits per heavy atom. The summed E-state index contributed by atoms with van der Waals surface area (Å²) in [6, 6.07) is 37.0. The van der Waals surface area contributed by atoms with Crippen molar-refractivity contribution in [3.05, 3.63) is 189 Å². The van der Waals surface area contributed by atoms with Crippen LogP contribution in [-0.4, -0.2) is 103 Å². The van der Waals surface area contributed by atoms with E-state index in [-0.39, 0.29) is 111 Å². The predicted octanol–water partition coefficient (Wildman–Crippen LogP) is 14.7. The number of fused-ring (bicyclic) bond motifs is 7. The van der Waals surface area contributed by atoms with Crippen LogP contribution in [0.2, 0.25) is 0 Å². The summed E-state index contributed by atoms with van der Waals surface area (Å²) in [6.45, 7) is 17.0. The number of hydrogen-bond acceptors (Lipinski definition) is 12. The SMILES string of the molecule is CCOC(=O)C1CCc2c(c(C(=O)NC(C)C34CC5CC(CC(C5)C3)C4)nn2Cc2ccccc2)C1.CCOC(=O)C1CCc2c(c(C(=O)NC3C4(C)CCC(C4)C3(C)C)nn2Cc2ccccc2)C1.CCOC(=O)[C@H]1C2CCC(C2)[C@H]1NC(=O)c1nn(-c2ccc(F)cc2)c2c1CCCC2c1ccccc1. The number of ether oxygens (including phenoxy) is 3. The highest BCUT2D eigenvalue weighted by Gasteiger charge is 2.60. The lowest BCUT2D eigenvalue weighted by Crippen LogP contribution is -2.55. The number of carbonyl (C=O) groups is 6. The molecule has 107 heavy (non-hydrogen) atoms. The summed E-state index contributed by atoms with van der Waals surface area (Å²) in [5.41, 5.74) is 12.0. The molecule has 11 atom stereocenters. The molecule has 0 saturated heterocycles. The third-order valence-electron chi connectivity index (χ3n) is 27.1. The van der Waals surface area contributed by atoms with Crippen LogP contribution < -0.4 is 16.0 Å². The Labute approximate surface area is 629 Å². The molecule has 8 fully saturated rings. The van der Waals surface area contributed by atoms with Gasteiger partial charge in [-0.25, -0.2) is 9.07 Å². The molecule has 3 aromatic heterocycles. The maximum Gasteiger partial charge on any atom is 0.311 e. The van der Waals surface area contributed by atoms with Gasteiger partial charge in [0.1, 0.15) is 5.82 Å². The first kappa shape index (κ1) is 73.8. The van der Waals surface area contributed by atoms with Crippen LogP contribution in [0.4, 0.5) is 4.39 Å². The van der Waals surface area contributed by atoms with Gasteiger partial charge in [0.15, 0.2) is 17.1 Å². The molecule has 3 heterocycles. The van der Waals surface area contributed by atoms with E-state index >= 15 is 0 Å². The van der Waals surface area contributed by atoms with E-state index < -0.39 is 0 Å². The number of nitrogens with one attached hydrogen (secondary N) is 3. The summed E-state index contributed by atoms with van der Waals surface area (Å²) >= 11 is 0. The van der Waals surface area contributed by atoms with E-state index in [0.29, 0.717) is 68.8 Å². The number of rotatable bonds is 19. The van der Waals surface area contributed by atoms with Crippen LogP contribution in [0.25, 0.3) is 5.69 Å².